The molecular formula is C36H39FN8O3. The third kappa shape index (κ3) is 7.28. The molecule has 3 aromatic carbocycles. The number of benzene rings is 3. The first kappa shape index (κ1) is 32.6. The monoisotopic (exact) mass is 650 g/mol. The molecule has 2 aromatic heterocycles. The number of nitrogens with zero attached hydrogens (tertiary/aromatic N) is 7. The van der Waals surface area contributed by atoms with Crippen LogP contribution in [0.25, 0.3) is 11.4 Å². The molecule has 6 rings (SSSR count). The summed E-state index contributed by atoms with van der Waals surface area (Å²) in [6.45, 7) is 12.2. The van der Waals surface area contributed by atoms with Crippen LogP contribution in [0.4, 0.5) is 32.3 Å². The Morgan fingerprint density at radius 3 is 2.54 bits per heavy atom. The maximum Gasteiger partial charge on any atom is 0.421 e. The van der Waals surface area contributed by atoms with E-state index in [1.807, 2.05) is 57.2 Å². The van der Waals surface area contributed by atoms with Crippen LogP contribution in [0.1, 0.15) is 35.1 Å². The zero-order valence-corrected chi connectivity index (χ0v) is 28.0. The Bertz CT molecular complexity index is 1920. The molecule has 0 radical (unpaired) electrons. The van der Waals surface area contributed by atoms with Crippen LogP contribution in [0.15, 0.2) is 71.4 Å². The number of ether oxygens (including phenoxy) is 1. The highest BCUT2D eigenvalue weighted by Crippen LogP contribution is 2.29. The highest BCUT2D eigenvalue weighted by Gasteiger charge is 2.25. The van der Waals surface area contributed by atoms with Crippen LogP contribution in [0.2, 0.25) is 0 Å². The van der Waals surface area contributed by atoms with Crippen LogP contribution < -0.4 is 19.9 Å². The van der Waals surface area contributed by atoms with Crippen molar-refractivity contribution in [2.45, 2.75) is 47.2 Å². The van der Waals surface area contributed by atoms with Crippen LogP contribution in [0.3, 0.4) is 0 Å². The molecule has 0 spiro atoms. The van der Waals surface area contributed by atoms with Crippen LogP contribution >= 0.6 is 0 Å². The second kappa shape index (κ2) is 13.8. The summed E-state index contributed by atoms with van der Waals surface area (Å²) in [5.41, 5.74) is 5.33. The van der Waals surface area contributed by atoms with Gasteiger partial charge >= 0.3 is 6.09 Å². The molecule has 1 unspecified atom stereocenters. The van der Waals surface area contributed by atoms with E-state index >= 15 is 4.39 Å². The van der Waals surface area contributed by atoms with Gasteiger partial charge in [-0.3, -0.25) is 4.90 Å². The Balaban J connectivity index is 1.28. The van der Waals surface area contributed by atoms with E-state index in [9.17, 15) is 4.79 Å². The number of hydrogen-bond donors (Lipinski definition) is 1. The molecule has 3 heterocycles. The average Bonchev–Trinajstić information content (AvgIpc) is 3.49. The molecule has 248 valence electrons. The first-order valence-electron chi connectivity index (χ1n) is 15.9. The number of aryl methyl sites for hydroxylation is 4. The maximum atomic E-state index is 15.4. The molecule has 11 nitrogen and oxygen atoms in total. The summed E-state index contributed by atoms with van der Waals surface area (Å²) in [4.78, 5) is 33.0. The minimum atomic E-state index is -0.618. The molecule has 1 N–H and O–H groups in total. The molecule has 1 atom stereocenters. The lowest BCUT2D eigenvalue weighted by Crippen LogP contribution is -2.50. The van der Waals surface area contributed by atoms with E-state index in [1.165, 1.54) is 11.0 Å². The molecule has 1 aliphatic heterocycles. The molecule has 12 heteroatoms. The van der Waals surface area contributed by atoms with Gasteiger partial charge in [-0.25, -0.2) is 14.2 Å². The van der Waals surface area contributed by atoms with Crippen molar-refractivity contribution < 1.29 is 18.4 Å². The summed E-state index contributed by atoms with van der Waals surface area (Å²) in [5.74, 6) is 1.55. The second-order valence-corrected chi connectivity index (χ2v) is 12.3. The van der Waals surface area contributed by atoms with Gasteiger partial charge in [0.05, 0.1) is 12.2 Å². The maximum absolute atomic E-state index is 15.4. The fraction of sp³-hybridized carbons (Fsp3) is 0.306. The number of nitrogens with one attached hydrogen (secondary N) is 1. The van der Waals surface area contributed by atoms with E-state index in [0.717, 1.165) is 47.5 Å². The first-order chi connectivity index (χ1) is 23.0. The van der Waals surface area contributed by atoms with Crippen molar-refractivity contribution in [1.82, 2.24) is 25.0 Å². The molecule has 0 saturated carbocycles. The molecule has 1 amide bonds. The van der Waals surface area contributed by atoms with Gasteiger partial charge in [0.15, 0.2) is 0 Å². The number of halogens is 1. The average molecular weight is 651 g/mol. The lowest BCUT2D eigenvalue weighted by Gasteiger charge is -2.39. The molecule has 1 aliphatic rings. The summed E-state index contributed by atoms with van der Waals surface area (Å²) in [7, 11) is 2.08. The zero-order chi connectivity index (χ0) is 33.9. The van der Waals surface area contributed by atoms with Crippen molar-refractivity contribution in [3.63, 3.8) is 0 Å². The lowest BCUT2D eigenvalue weighted by atomic mass is 10.1. The normalized spacial score (nSPS) is 15.0. The number of aromatic nitrogens is 4. The predicted molar refractivity (Wildman–Crippen MR) is 183 cm³/mol. The van der Waals surface area contributed by atoms with Crippen molar-refractivity contribution in [1.29, 1.82) is 0 Å². The lowest BCUT2D eigenvalue weighted by molar-refractivity contribution is 0.206. The minimum absolute atomic E-state index is 0.122. The van der Waals surface area contributed by atoms with E-state index < -0.39 is 6.09 Å². The predicted octanol–water partition coefficient (Wildman–Crippen LogP) is 6.99. The molecule has 5 aromatic rings. The molecular weight excluding hydrogens is 611 g/mol. The molecule has 0 aliphatic carbocycles. The van der Waals surface area contributed by atoms with E-state index in [0.29, 0.717) is 40.7 Å². The molecule has 0 bridgehead atoms. The number of hydrogen-bond acceptors (Lipinski definition) is 10. The largest absolute Gasteiger partial charge is 0.421 e. The summed E-state index contributed by atoms with van der Waals surface area (Å²) < 4.78 is 26.5. The Morgan fingerprint density at radius 2 is 1.83 bits per heavy atom. The number of rotatable bonds is 8. The van der Waals surface area contributed by atoms with Crippen molar-refractivity contribution in [3.8, 4) is 17.1 Å². The van der Waals surface area contributed by atoms with Crippen LogP contribution in [-0.4, -0.2) is 63.8 Å². The minimum Gasteiger partial charge on any atom is -0.409 e. The van der Waals surface area contributed by atoms with Crippen LogP contribution in [0, 0.1) is 33.5 Å². The van der Waals surface area contributed by atoms with E-state index in [2.05, 4.69) is 49.2 Å². The first-order valence-corrected chi connectivity index (χ1v) is 15.9. The highest BCUT2D eigenvalue weighted by molar-refractivity contribution is 5.88. The second-order valence-electron chi connectivity index (χ2n) is 12.3. The van der Waals surface area contributed by atoms with Gasteiger partial charge in [-0.05, 0) is 81.8 Å². The van der Waals surface area contributed by atoms with Crippen molar-refractivity contribution in [3.05, 3.63) is 101 Å². The number of amides is 1. The molecule has 1 fully saturated rings. The number of carbonyl (C=O) groups is 1. The van der Waals surface area contributed by atoms with Crippen molar-refractivity contribution >= 4 is 29.2 Å². The fourth-order valence-electron chi connectivity index (χ4n) is 5.91. The standard InChI is InChI=1S/C36H39FN8O3/c1-22-16-23(2)33(24(3)17-22)47-36(46)45(21-27-8-7-9-28(18-27)34-39-26(5)48-42-34)32-12-13-38-35(41-32)40-29-10-11-31(30(37)19-29)44-15-14-43(6)25(4)20-44/h7-13,16-19,25H,14-15,20-21H2,1-6H3,(H,38,40,41). The Morgan fingerprint density at radius 1 is 1.04 bits per heavy atom. The number of carbonyl (C=O) groups excluding carboxylic acids is 1. The SMILES string of the molecule is Cc1cc(C)c(OC(=O)N(Cc2cccc(-c3noc(C)n3)c2)c2ccnc(Nc3ccc(N4CCN(C)C(C)C4)c(F)c3)n2)c(C)c1. The van der Waals surface area contributed by atoms with Crippen LogP contribution in [-0.2, 0) is 6.54 Å². The highest BCUT2D eigenvalue weighted by atomic mass is 19.1. The third-order valence-corrected chi connectivity index (χ3v) is 8.49. The quantitative estimate of drug-likeness (QED) is 0.189. The smallest absolute Gasteiger partial charge is 0.409 e. The summed E-state index contributed by atoms with van der Waals surface area (Å²) in [6, 6.07) is 18.4. The van der Waals surface area contributed by atoms with Crippen LogP contribution in [0.5, 0.6) is 5.75 Å². The topological polar surface area (TPSA) is 113 Å². The summed E-state index contributed by atoms with van der Waals surface area (Å²) >= 11 is 0. The number of anilines is 4. The van der Waals surface area contributed by atoms with Gasteiger partial charge in [0.1, 0.15) is 17.4 Å². The van der Waals surface area contributed by atoms with Gasteiger partial charge in [-0.15, -0.1) is 0 Å². The summed E-state index contributed by atoms with van der Waals surface area (Å²) in [6.07, 6.45) is 0.926. The van der Waals surface area contributed by atoms with Gasteiger partial charge in [0.2, 0.25) is 17.7 Å². The van der Waals surface area contributed by atoms with Gasteiger partial charge in [-0.2, -0.15) is 9.97 Å². The Labute approximate surface area is 279 Å². The van der Waals surface area contributed by atoms with Gasteiger partial charge < -0.3 is 24.4 Å². The number of likely N-dealkylation sites (N-methyl/N-ethyl adjacent to an activating group) is 1. The number of piperazine rings is 1. The van der Waals surface area contributed by atoms with E-state index in [-0.39, 0.29) is 18.3 Å². The van der Waals surface area contributed by atoms with E-state index in [4.69, 9.17) is 9.26 Å². The van der Waals surface area contributed by atoms with Crippen molar-refractivity contribution in [2.75, 3.05) is 41.8 Å². The molecule has 48 heavy (non-hydrogen) atoms. The van der Waals surface area contributed by atoms with Crippen molar-refractivity contribution in [2.24, 2.45) is 0 Å². The molecule has 1 saturated heterocycles. The zero-order valence-electron chi connectivity index (χ0n) is 28.0. The Kier molecular flexibility index (Phi) is 9.35. The van der Waals surface area contributed by atoms with Gasteiger partial charge in [-0.1, -0.05) is 41.1 Å². The fourth-order valence-corrected chi connectivity index (χ4v) is 5.91. The van der Waals surface area contributed by atoms with Gasteiger partial charge in [0.25, 0.3) is 0 Å². The van der Waals surface area contributed by atoms with Gasteiger partial charge in [0, 0.05) is 50.0 Å². The Hall–Kier alpha value is -5.36. The summed E-state index contributed by atoms with van der Waals surface area (Å²) in [5, 5.41) is 7.13. The van der Waals surface area contributed by atoms with E-state index in [1.54, 1.807) is 31.3 Å². The third-order valence-electron chi connectivity index (χ3n) is 8.49.